The molecule has 1 saturated carbocycles. The summed E-state index contributed by atoms with van der Waals surface area (Å²) in [6.45, 7) is 1.13. The van der Waals surface area contributed by atoms with Crippen molar-refractivity contribution < 1.29 is 14.6 Å². The summed E-state index contributed by atoms with van der Waals surface area (Å²) in [6.07, 6.45) is 3.75. The monoisotopic (exact) mass is 326 g/mol. The highest BCUT2D eigenvalue weighted by atomic mass is 79.9. The highest BCUT2D eigenvalue weighted by Gasteiger charge is 2.44. The van der Waals surface area contributed by atoms with Crippen LogP contribution in [-0.2, 0) is 17.6 Å². The van der Waals surface area contributed by atoms with E-state index in [4.69, 9.17) is 9.47 Å². The largest absolute Gasteiger partial charge is 0.493 e. The first kappa shape index (κ1) is 13.4. The average molecular weight is 327 g/mol. The molecule has 1 aromatic carbocycles. The molecule has 1 unspecified atom stereocenters. The summed E-state index contributed by atoms with van der Waals surface area (Å²) in [7, 11) is 1.65. The van der Waals surface area contributed by atoms with Crippen LogP contribution < -0.4 is 4.74 Å². The molecule has 0 aromatic heterocycles. The molecule has 19 heavy (non-hydrogen) atoms. The van der Waals surface area contributed by atoms with Crippen LogP contribution in [0.4, 0.5) is 0 Å². The lowest BCUT2D eigenvalue weighted by Gasteiger charge is -2.28. The fourth-order valence-corrected chi connectivity index (χ4v) is 3.54. The molecule has 3 rings (SSSR count). The fraction of sp³-hybridized carbons (Fsp3) is 0.600. The number of fused-ring (bicyclic) bond motifs is 1. The second-order valence-corrected chi connectivity index (χ2v) is 6.55. The van der Waals surface area contributed by atoms with Gasteiger partial charge in [-0.25, -0.2) is 0 Å². The molecule has 1 atom stereocenters. The zero-order chi connectivity index (χ0) is 13.5. The Kier molecular flexibility index (Phi) is 3.58. The molecule has 3 nitrogen and oxygen atoms in total. The van der Waals surface area contributed by atoms with Gasteiger partial charge in [-0.15, -0.1) is 0 Å². The lowest BCUT2D eigenvalue weighted by atomic mass is 9.89. The van der Waals surface area contributed by atoms with E-state index in [1.165, 1.54) is 5.56 Å². The Labute approximate surface area is 122 Å². The molecular weight excluding hydrogens is 308 g/mol. The van der Waals surface area contributed by atoms with Gasteiger partial charge in [-0.1, -0.05) is 15.9 Å². The Bertz CT molecular complexity index is 485. The SMILES string of the molecule is COCC(O)(Cc1cc(Br)cc2c1OCC2)C1CC1. The third-order valence-electron chi connectivity index (χ3n) is 4.05. The number of hydrogen-bond acceptors (Lipinski definition) is 3. The van der Waals surface area contributed by atoms with Crippen molar-refractivity contribution in [2.24, 2.45) is 5.92 Å². The minimum atomic E-state index is -0.755. The van der Waals surface area contributed by atoms with E-state index in [0.717, 1.165) is 41.7 Å². The predicted molar refractivity (Wildman–Crippen MR) is 76.6 cm³/mol. The smallest absolute Gasteiger partial charge is 0.125 e. The standard InChI is InChI=1S/C15H19BrO3/c1-18-9-15(17,12-2-3-12)8-11-7-13(16)6-10-4-5-19-14(10)11/h6-7,12,17H,2-5,8-9H2,1H3. The summed E-state index contributed by atoms with van der Waals surface area (Å²) in [5, 5.41) is 10.8. The molecule has 0 saturated heterocycles. The van der Waals surface area contributed by atoms with E-state index in [2.05, 4.69) is 28.1 Å². The number of rotatable bonds is 5. The molecule has 1 heterocycles. The molecule has 104 valence electrons. The quantitative estimate of drug-likeness (QED) is 0.904. The van der Waals surface area contributed by atoms with Crippen LogP contribution in [0.3, 0.4) is 0 Å². The number of aliphatic hydroxyl groups is 1. The van der Waals surface area contributed by atoms with Gasteiger partial charge >= 0.3 is 0 Å². The maximum atomic E-state index is 10.8. The van der Waals surface area contributed by atoms with Gasteiger partial charge in [0.05, 0.1) is 18.8 Å². The van der Waals surface area contributed by atoms with Crippen LogP contribution in [0, 0.1) is 5.92 Å². The maximum absolute atomic E-state index is 10.8. The van der Waals surface area contributed by atoms with Crippen LogP contribution in [0.15, 0.2) is 16.6 Å². The second kappa shape index (κ2) is 5.08. The number of halogens is 1. The third-order valence-corrected chi connectivity index (χ3v) is 4.51. The van der Waals surface area contributed by atoms with Gasteiger partial charge in [-0.3, -0.25) is 0 Å². The second-order valence-electron chi connectivity index (χ2n) is 5.64. The van der Waals surface area contributed by atoms with E-state index in [1.807, 2.05) is 0 Å². The van der Waals surface area contributed by atoms with Crippen LogP contribution in [0.5, 0.6) is 5.75 Å². The van der Waals surface area contributed by atoms with Crippen LogP contribution in [0.25, 0.3) is 0 Å². The Morgan fingerprint density at radius 1 is 1.47 bits per heavy atom. The van der Waals surface area contributed by atoms with Crippen molar-refractivity contribution in [3.8, 4) is 5.75 Å². The fourth-order valence-electron chi connectivity index (χ4n) is 2.99. The van der Waals surface area contributed by atoms with E-state index in [1.54, 1.807) is 7.11 Å². The van der Waals surface area contributed by atoms with Gasteiger partial charge in [0, 0.05) is 24.4 Å². The van der Waals surface area contributed by atoms with Gasteiger partial charge in [0.2, 0.25) is 0 Å². The van der Waals surface area contributed by atoms with Crippen molar-refractivity contribution in [1.29, 1.82) is 0 Å². The number of hydrogen-bond donors (Lipinski definition) is 1. The number of benzene rings is 1. The molecular formula is C15H19BrO3. The van der Waals surface area contributed by atoms with Gasteiger partial charge in [0.15, 0.2) is 0 Å². The van der Waals surface area contributed by atoms with Crippen molar-refractivity contribution in [2.75, 3.05) is 20.3 Å². The normalized spacial score (nSPS) is 20.8. The van der Waals surface area contributed by atoms with Crippen molar-refractivity contribution >= 4 is 15.9 Å². The molecule has 1 aliphatic heterocycles. The summed E-state index contributed by atoms with van der Waals surface area (Å²) < 4.78 is 12.0. The predicted octanol–water partition coefficient (Wildman–Crippen LogP) is 2.71. The lowest BCUT2D eigenvalue weighted by molar-refractivity contribution is -0.0477. The molecule has 1 aliphatic carbocycles. The first-order valence-electron chi connectivity index (χ1n) is 6.78. The summed E-state index contributed by atoms with van der Waals surface area (Å²) in [4.78, 5) is 0. The van der Waals surface area contributed by atoms with Crippen molar-refractivity contribution in [3.05, 3.63) is 27.7 Å². The molecule has 0 radical (unpaired) electrons. The molecule has 1 aromatic rings. The highest BCUT2D eigenvalue weighted by Crippen LogP contribution is 2.44. The molecule has 4 heteroatoms. The Hall–Kier alpha value is -0.580. The molecule has 0 spiro atoms. The van der Waals surface area contributed by atoms with Crippen molar-refractivity contribution in [3.63, 3.8) is 0 Å². The van der Waals surface area contributed by atoms with Gasteiger partial charge in [0.1, 0.15) is 5.75 Å². The Morgan fingerprint density at radius 3 is 2.95 bits per heavy atom. The minimum absolute atomic E-state index is 0.364. The van der Waals surface area contributed by atoms with Gasteiger partial charge in [-0.2, -0.15) is 0 Å². The maximum Gasteiger partial charge on any atom is 0.125 e. The summed E-state index contributed by atoms with van der Waals surface area (Å²) in [6, 6.07) is 4.17. The van der Waals surface area contributed by atoms with Crippen LogP contribution in [0.2, 0.25) is 0 Å². The van der Waals surface area contributed by atoms with Gasteiger partial charge in [-0.05, 0) is 42.0 Å². The van der Waals surface area contributed by atoms with Crippen molar-refractivity contribution in [1.82, 2.24) is 0 Å². The van der Waals surface area contributed by atoms with Gasteiger partial charge in [0.25, 0.3) is 0 Å². The lowest BCUT2D eigenvalue weighted by Crippen LogP contribution is -2.39. The van der Waals surface area contributed by atoms with Crippen molar-refractivity contribution in [2.45, 2.75) is 31.3 Å². The third kappa shape index (κ3) is 2.67. The highest BCUT2D eigenvalue weighted by molar-refractivity contribution is 9.10. The van der Waals surface area contributed by atoms with E-state index >= 15 is 0 Å². The molecule has 0 amide bonds. The summed E-state index contributed by atoms with van der Waals surface area (Å²) in [5.74, 6) is 1.34. The van der Waals surface area contributed by atoms with Gasteiger partial charge < -0.3 is 14.6 Å². The zero-order valence-electron chi connectivity index (χ0n) is 11.1. The van der Waals surface area contributed by atoms with E-state index in [-0.39, 0.29) is 0 Å². The zero-order valence-corrected chi connectivity index (χ0v) is 12.7. The van der Waals surface area contributed by atoms with E-state index in [0.29, 0.717) is 18.9 Å². The molecule has 0 bridgehead atoms. The van der Waals surface area contributed by atoms with E-state index < -0.39 is 5.60 Å². The first-order valence-corrected chi connectivity index (χ1v) is 7.57. The first-order chi connectivity index (χ1) is 9.12. The van der Waals surface area contributed by atoms with E-state index in [9.17, 15) is 5.11 Å². The summed E-state index contributed by atoms with van der Waals surface area (Å²) >= 11 is 3.55. The van der Waals surface area contributed by atoms with Crippen LogP contribution in [-0.4, -0.2) is 31.0 Å². The number of methoxy groups -OCH3 is 1. The van der Waals surface area contributed by atoms with Crippen LogP contribution >= 0.6 is 15.9 Å². The molecule has 1 N–H and O–H groups in total. The topological polar surface area (TPSA) is 38.7 Å². The van der Waals surface area contributed by atoms with Crippen LogP contribution in [0.1, 0.15) is 24.0 Å². The summed E-state index contributed by atoms with van der Waals surface area (Å²) in [5.41, 5.74) is 1.57. The number of ether oxygens (including phenoxy) is 2. The minimum Gasteiger partial charge on any atom is -0.493 e. The average Bonchev–Trinajstić information content (AvgIpc) is 3.10. The Balaban J connectivity index is 1.90. The molecule has 1 fully saturated rings. The molecule has 2 aliphatic rings. The Morgan fingerprint density at radius 2 is 2.26 bits per heavy atom.